The lowest BCUT2D eigenvalue weighted by Gasteiger charge is -2.35. The zero-order chi connectivity index (χ0) is 37.5. The first kappa shape index (κ1) is 33.3. The number of ketones is 4. The number of rotatable bonds is 2. The fourth-order valence-corrected chi connectivity index (χ4v) is 9.56. The SMILES string of the molecule is Cc1ccc2c(c1)C(=O)C(=O)/C2=C\c1nc2c(s1)-c1cc3c(cc1OC2(C)C)-c1sc(/C=C2\C(=O)C(=O)c4cc(C(F)(F)F)ccc42)nc1C(C)(C)O3. The topological polar surface area (TPSA) is 113 Å². The van der Waals surface area contributed by atoms with Crippen molar-refractivity contribution in [2.24, 2.45) is 0 Å². The number of hydrogen-bond donors (Lipinski definition) is 0. The number of fused-ring (bicyclic) bond motifs is 8. The van der Waals surface area contributed by atoms with Crippen molar-refractivity contribution in [3.05, 3.63) is 103 Å². The van der Waals surface area contributed by atoms with Gasteiger partial charge in [0, 0.05) is 33.4 Å². The highest BCUT2D eigenvalue weighted by Crippen LogP contribution is 2.55. The zero-order valence-corrected chi connectivity index (χ0v) is 30.2. The highest BCUT2D eigenvalue weighted by Gasteiger charge is 2.43. The van der Waals surface area contributed by atoms with Gasteiger partial charge in [-0.2, -0.15) is 13.2 Å². The molecule has 0 amide bonds. The van der Waals surface area contributed by atoms with Crippen LogP contribution in [0.25, 0.3) is 44.2 Å². The zero-order valence-electron chi connectivity index (χ0n) is 28.6. The lowest BCUT2D eigenvalue weighted by molar-refractivity contribution is -0.137. The van der Waals surface area contributed by atoms with Crippen molar-refractivity contribution >= 4 is 69.1 Å². The number of Topliss-reactive ketones (excluding diaryl/α,β-unsaturated/α-hetero) is 4. The van der Waals surface area contributed by atoms with Crippen LogP contribution in [0.15, 0.2) is 48.5 Å². The maximum Gasteiger partial charge on any atom is 0.416 e. The third-order valence-electron chi connectivity index (χ3n) is 9.76. The third-order valence-corrected chi connectivity index (χ3v) is 11.8. The van der Waals surface area contributed by atoms with E-state index in [1.165, 1.54) is 28.7 Å². The summed E-state index contributed by atoms with van der Waals surface area (Å²) >= 11 is 2.64. The van der Waals surface area contributed by atoms with E-state index in [1.54, 1.807) is 18.2 Å². The summed E-state index contributed by atoms with van der Waals surface area (Å²) in [6.07, 6.45) is -1.56. The molecule has 0 spiro atoms. The molecule has 3 aromatic carbocycles. The normalized spacial score (nSPS) is 19.0. The minimum Gasteiger partial charge on any atom is -0.481 e. The predicted molar refractivity (Wildman–Crippen MR) is 193 cm³/mol. The summed E-state index contributed by atoms with van der Waals surface area (Å²) in [7, 11) is 0. The molecule has 5 aromatic rings. The largest absolute Gasteiger partial charge is 0.481 e. The van der Waals surface area contributed by atoms with Crippen LogP contribution in [0.2, 0.25) is 0 Å². The number of thiazole rings is 2. The standard InChI is InChI=1S/C40H25F3N2O6S2/c1-16-6-8-18-20(10-16)30(46)32(48)22(18)14-28-44-36-34(52-28)24-12-27-25(13-26(24)50-38(36,2)3)35-37(39(4,5)51-27)45-29(53-35)15-23-19-9-7-17(40(41,42)43)11-21(19)31(47)33(23)49/h6-15H,1-5H3/b22-14-,23-15-. The van der Waals surface area contributed by atoms with Gasteiger partial charge in [-0.25, -0.2) is 9.97 Å². The summed E-state index contributed by atoms with van der Waals surface area (Å²) in [5.41, 5.74) is 1.84. The summed E-state index contributed by atoms with van der Waals surface area (Å²) in [6.45, 7) is 9.36. The van der Waals surface area contributed by atoms with Gasteiger partial charge in [0.2, 0.25) is 23.1 Å². The van der Waals surface area contributed by atoms with E-state index in [0.29, 0.717) is 61.2 Å². The van der Waals surface area contributed by atoms with E-state index in [2.05, 4.69) is 0 Å². The number of nitrogens with zero attached hydrogens (tertiary/aromatic N) is 2. The highest BCUT2D eigenvalue weighted by molar-refractivity contribution is 7.16. The second-order valence-electron chi connectivity index (χ2n) is 14.3. The lowest BCUT2D eigenvalue weighted by Crippen LogP contribution is -2.31. The lowest BCUT2D eigenvalue weighted by atomic mass is 9.92. The molecule has 2 aromatic heterocycles. The number of halogens is 3. The van der Waals surface area contributed by atoms with Crippen LogP contribution in [-0.2, 0) is 27.0 Å². The summed E-state index contributed by atoms with van der Waals surface area (Å²) in [4.78, 5) is 62.8. The molecule has 0 N–H and O–H groups in total. The average molecular weight is 751 g/mol. The van der Waals surface area contributed by atoms with E-state index in [0.717, 1.165) is 33.0 Å². The van der Waals surface area contributed by atoms with E-state index in [9.17, 15) is 32.3 Å². The van der Waals surface area contributed by atoms with Crippen molar-refractivity contribution < 1.29 is 41.8 Å². The minimum atomic E-state index is -4.67. The summed E-state index contributed by atoms with van der Waals surface area (Å²) in [6, 6.07) is 11.8. The van der Waals surface area contributed by atoms with E-state index in [1.807, 2.05) is 52.8 Å². The van der Waals surface area contributed by atoms with E-state index in [4.69, 9.17) is 19.4 Å². The van der Waals surface area contributed by atoms with Crippen LogP contribution in [0.4, 0.5) is 13.2 Å². The molecule has 2 aliphatic carbocycles. The Morgan fingerprint density at radius 2 is 1.06 bits per heavy atom. The quantitative estimate of drug-likeness (QED) is 0.130. The van der Waals surface area contributed by atoms with Gasteiger partial charge in [0.25, 0.3) is 0 Å². The van der Waals surface area contributed by atoms with E-state index >= 15 is 0 Å². The Hall–Kier alpha value is -5.53. The molecule has 0 saturated heterocycles. The van der Waals surface area contributed by atoms with Crippen LogP contribution >= 0.6 is 22.7 Å². The van der Waals surface area contributed by atoms with Crippen molar-refractivity contribution in [1.29, 1.82) is 0 Å². The third kappa shape index (κ3) is 4.93. The molecule has 0 saturated carbocycles. The van der Waals surface area contributed by atoms with Crippen molar-refractivity contribution in [2.45, 2.75) is 52.0 Å². The van der Waals surface area contributed by atoms with Gasteiger partial charge in [0.15, 0.2) is 0 Å². The molecule has 13 heteroatoms. The molecule has 0 unspecified atom stereocenters. The Morgan fingerprint density at radius 1 is 0.604 bits per heavy atom. The second-order valence-corrected chi connectivity index (χ2v) is 16.3. The monoisotopic (exact) mass is 750 g/mol. The van der Waals surface area contributed by atoms with Gasteiger partial charge < -0.3 is 9.47 Å². The van der Waals surface area contributed by atoms with Crippen LogP contribution in [0, 0.1) is 6.92 Å². The molecule has 0 fully saturated rings. The number of hydrogen-bond acceptors (Lipinski definition) is 10. The smallest absolute Gasteiger partial charge is 0.416 e. The molecule has 9 rings (SSSR count). The first-order chi connectivity index (χ1) is 24.9. The van der Waals surface area contributed by atoms with Crippen LogP contribution in [0.3, 0.4) is 0 Å². The van der Waals surface area contributed by atoms with Crippen molar-refractivity contribution in [1.82, 2.24) is 9.97 Å². The van der Waals surface area contributed by atoms with Gasteiger partial charge >= 0.3 is 6.18 Å². The predicted octanol–water partition coefficient (Wildman–Crippen LogP) is 9.13. The number of alkyl halides is 3. The number of ether oxygens (including phenoxy) is 2. The maximum absolute atomic E-state index is 13.4. The molecule has 0 radical (unpaired) electrons. The maximum atomic E-state index is 13.4. The number of carbonyl (C=O) groups is 4. The Kier molecular flexibility index (Phi) is 6.77. The highest BCUT2D eigenvalue weighted by atomic mass is 32.1. The second kappa shape index (κ2) is 10.8. The molecule has 4 aliphatic rings. The van der Waals surface area contributed by atoms with Crippen LogP contribution in [0.5, 0.6) is 11.5 Å². The first-order valence-corrected chi connectivity index (χ1v) is 18.1. The summed E-state index contributed by atoms with van der Waals surface area (Å²) < 4.78 is 53.1. The Morgan fingerprint density at radius 3 is 1.53 bits per heavy atom. The first-order valence-electron chi connectivity index (χ1n) is 16.4. The Labute approximate surface area is 307 Å². The Bertz CT molecular complexity index is 2660. The molecule has 4 heterocycles. The minimum absolute atomic E-state index is 0.0231. The average Bonchev–Trinajstić information content (AvgIpc) is 3.83. The van der Waals surface area contributed by atoms with Gasteiger partial charge in [-0.15, -0.1) is 22.7 Å². The van der Waals surface area contributed by atoms with Crippen molar-refractivity contribution in [2.75, 3.05) is 0 Å². The number of aromatic nitrogens is 2. The number of carbonyl (C=O) groups excluding carboxylic acids is 4. The Balaban J connectivity index is 1.12. The van der Waals surface area contributed by atoms with Gasteiger partial charge in [0.05, 0.1) is 15.3 Å². The summed E-state index contributed by atoms with van der Waals surface area (Å²) in [5.74, 6) is -1.89. The summed E-state index contributed by atoms with van der Waals surface area (Å²) in [5, 5.41) is 0.920. The van der Waals surface area contributed by atoms with Crippen molar-refractivity contribution in [3.8, 4) is 32.4 Å². The number of aryl methyl sites for hydroxylation is 1. The molecule has 2 aliphatic heterocycles. The molecule has 8 nitrogen and oxygen atoms in total. The van der Waals surface area contributed by atoms with Crippen LogP contribution in [0.1, 0.15) is 92.1 Å². The molecule has 0 atom stereocenters. The number of benzene rings is 3. The van der Waals surface area contributed by atoms with Gasteiger partial charge in [-0.1, -0.05) is 23.8 Å². The van der Waals surface area contributed by atoms with Gasteiger partial charge in [-0.05, 0) is 88.2 Å². The van der Waals surface area contributed by atoms with Crippen LogP contribution in [-0.4, -0.2) is 33.1 Å². The fourth-order valence-electron chi connectivity index (χ4n) is 7.20. The molecular formula is C40H25F3N2O6S2. The molecule has 0 bridgehead atoms. The van der Waals surface area contributed by atoms with Crippen molar-refractivity contribution in [3.63, 3.8) is 0 Å². The van der Waals surface area contributed by atoms with E-state index in [-0.39, 0.29) is 16.7 Å². The number of allylic oxidation sites excluding steroid dienone is 2. The molecule has 264 valence electrons. The van der Waals surface area contributed by atoms with Crippen LogP contribution < -0.4 is 9.47 Å². The van der Waals surface area contributed by atoms with Gasteiger partial charge in [-0.3, -0.25) is 19.2 Å². The van der Waals surface area contributed by atoms with E-state index < -0.39 is 46.1 Å². The molecule has 53 heavy (non-hydrogen) atoms. The van der Waals surface area contributed by atoms with Gasteiger partial charge in [0.1, 0.15) is 44.1 Å². The molecular weight excluding hydrogens is 726 g/mol. The fraction of sp³-hybridized carbons (Fsp3) is 0.200.